The Morgan fingerprint density at radius 3 is 2.74 bits per heavy atom. The Labute approximate surface area is 117 Å². The third-order valence-electron chi connectivity index (χ3n) is 4.40. The summed E-state index contributed by atoms with van der Waals surface area (Å²) in [5, 5.41) is 3.41. The van der Waals surface area contributed by atoms with Crippen molar-refractivity contribution in [1.82, 2.24) is 14.5 Å². The first kappa shape index (κ1) is 15.2. The molecule has 2 unspecified atom stereocenters. The Bertz CT molecular complexity index is 379. The van der Waals surface area contributed by atoms with Gasteiger partial charge < -0.3 is 5.32 Å². The molecule has 0 bridgehead atoms. The SMILES string of the molecule is CCN(CC1CCCN(S(C)(=O)=O)C1)C1CCNC1. The minimum atomic E-state index is -3.02. The van der Waals surface area contributed by atoms with Gasteiger partial charge in [0.2, 0.25) is 10.0 Å². The molecular weight excluding hydrogens is 262 g/mol. The van der Waals surface area contributed by atoms with Crippen LogP contribution in [0.5, 0.6) is 0 Å². The van der Waals surface area contributed by atoms with Crippen molar-refractivity contribution in [2.24, 2.45) is 5.92 Å². The normalized spacial score (nSPS) is 30.1. The molecule has 0 spiro atoms. The summed E-state index contributed by atoms with van der Waals surface area (Å²) in [5.74, 6) is 0.490. The van der Waals surface area contributed by atoms with Gasteiger partial charge in [0, 0.05) is 32.2 Å². The second-order valence-corrected chi connectivity index (χ2v) is 7.85. The lowest BCUT2D eigenvalue weighted by Crippen LogP contribution is -2.46. The lowest BCUT2D eigenvalue weighted by molar-refractivity contribution is 0.150. The Morgan fingerprint density at radius 1 is 1.37 bits per heavy atom. The molecule has 2 fully saturated rings. The molecule has 2 rings (SSSR count). The first-order chi connectivity index (χ1) is 9.00. The number of nitrogens with one attached hydrogen (secondary N) is 1. The van der Waals surface area contributed by atoms with Gasteiger partial charge in [-0.1, -0.05) is 6.92 Å². The van der Waals surface area contributed by atoms with E-state index in [2.05, 4.69) is 17.1 Å². The molecule has 0 aromatic heterocycles. The van der Waals surface area contributed by atoms with Gasteiger partial charge in [-0.3, -0.25) is 4.90 Å². The summed E-state index contributed by atoms with van der Waals surface area (Å²) in [5.41, 5.74) is 0. The molecule has 2 heterocycles. The highest BCUT2D eigenvalue weighted by atomic mass is 32.2. The van der Waals surface area contributed by atoms with E-state index in [9.17, 15) is 8.42 Å². The summed E-state index contributed by atoms with van der Waals surface area (Å²) < 4.78 is 24.9. The van der Waals surface area contributed by atoms with Crippen molar-refractivity contribution in [3.05, 3.63) is 0 Å². The van der Waals surface area contributed by atoms with Gasteiger partial charge in [-0.25, -0.2) is 12.7 Å². The van der Waals surface area contributed by atoms with E-state index in [0.717, 1.165) is 39.0 Å². The molecule has 6 heteroatoms. The standard InChI is InChI=1S/C13H27N3O2S/c1-3-15(13-6-7-14-9-13)10-12-5-4-8-16(11-12)19(2,17)18/h12-14H,3-11H2,1-2H3. The fraction of sp³-hybridized carbons (Fsp3) is 1.00. The summed E-state index contributed by atoms with van der Waals surface area (Å²) >= 11 is 0. The topological polar surface area (TPSA) is 52.7 Å². The lowest BCUT2D eigenvalue weighted by atomic mass is 9.98. The number of rotatable bonds is 5. The van der Waals surface area contributed by atoms with Crippen LogP contribution in [0.15, 0.2) is 0 Å². The number of likely N-dealkylation sites (N-methyl/N-ethyl adjacent to an activating group) is 1. The molecule has 2 atom stereocenters. The molecule has 2 aliphatic heterocycles. The number of sulfonamides is 1. The second kappa shape index (κ2) is 6.52. The minimum absolute atomic E-state index is 0.490. The van der Waals surface area contributed by atoms with E-state index in [-0.39, 0.29) is 0 Å². The van der Waals surface area contributed by atoms with Crippen LogP contribution >= 0.6 is 0 Å². The molecular formula is C13H27N3O2S. The van der Waals surface area contributed by atoms with Crippen LogP contribution in [0.3, 0.4) is 0 Å². The maximum atomic E-state index is 11.6. The maximum Gasteiger partial charge on any atom is 0.211 e. The largest absolute Gasteiger partial charge is 0.315 e. The monoisotopic (exact) mass is 289 g/mol. The van der Waals surface area contributed by atoms with Crippen LogP contribution in [-0.4, -0.2) is 69.2 Å². The van der Waals surface area contributed by atoms with Crippen LogP contribution in [-0.2, 0) is 10.0 Å². The molecule has 0 aromatic carbocycles. The van der Waals surface area contributed by atoms with Crippen molar-refractivity contribution in [2.75, 3.05) is 45.5 Å². The summed E-state index contributed by atoms with van der Waals surface area (Å²) in [6.45, 7) is 7.89. The molecule has 0 radical (unpaired) electrons. The quantitative estimate of drug-likeness (QED) is 0.793. The van der Waals surface area contributed by atoms with Crippen LogP contribution < -0.4 is 5.32 Å². The fourth-order valence-corrected chi connectivity index (χ4v) is 4.24. The molecule has 2 aliphatic rings. The molecule has 19 heavy (non-hydrogen) atoms. The van der Waals surface area contributed by atoms with Gasteiger partial charge in [0.25, 0.3) is 0 Å². The van der Waals surface area contributed by atoms with E-state index >= 15 is 0 Å². The van der Waals surface area contributed by atoms with Crippen molar-refractivity contribution >= 4 is 10.0 Å². The Morgan fingerprint density at radius 2 is 2.16 bits per heavy atom. The van der Waals surface area contributed by atoms with E-state index in [1.165, 1.54) is 12.7 Å². The number of hydrogen-bond donors (Lipinski definition) is 1. The third kappa shape index (κ3) is 4.15. The van der Waals surface area contributed by atoms with Crippen LogP contribution in [0.4, 0.5) is 0 Å². The van der Waals surface area contributed by atoms with E-state index in [1.54, 1.807) is 4.31 Å². The zero-order valence-electron chi connectivity index (χ0n) is 12.1. The van der Waals surface area contributed by atoms with Crippen LogP contribution in [0.2, 0.25) is 0 Å². The van der Waals surface area contributed by atoms with Crippen molar-refractivity contribution in [1.29, 1.82) is 0 Å². The van der Waals surface area contributed by atoms with E-state index in [1.807, 2.05) is 0 Å². The minimum Gasteiger partial charge on any atom is -0.315 e. The molecule has 0 amide bonds. The fourth-order valence-electron chi connectivity index (χ4n) is 3.30. The summed E-state index contributed by atoms with van der Waals surface area (Å²) in [4.78, 5) is 2.52. The van der Waals surface area contributed by atoms with Gasteiger partial charge in [-0.15, -0.1) is 0 Å². The number of piperidine rings is 1. The Kier molecular flexibility index (Phi) is 5.22. The molecule has 2 saturated heterocycles. The van der Waals surface area contributed by atoms with Crippen LogP contribution in [0, 0.1) is 5.92 Å². The van der Waals surface area contributed by atoms with Crippen molar-refractivity contribution in [3.8, 4) is 0 Å². The predicted octanol–water partition coefficient (Wildman–Crippen LogP) is 0.342. The molecule has 0 aromatic rings. The van der Waals surface area contributed by atoms with Crippen molar-refractivity contribution in [3.63, 3.8) is 0 Å². The van der Waals surface area contributed by atoms with Gasteiger partial charge in [0.05, 0.1) is 6.26 Å². The molecule has 0 saturated carbocycles. The maximum absolute atomic E-state index is 11.6. The molecule has 5 nitrogen and oxygen atoms in total. The van der Waals surface area contributed by atoms with Crippen molar-refractivity contribution < 1.29 is 8.42 Å². The van der Waals surface area contributed by atoms with E-state index in [0.29, 0.717) is 25.0 Å². The first-order valence-corrected chi connectivity index (χ1v) is 9.25. The summed E-state index contributed by atoms with van der Waals surface area (Å²) in [6.07, 6.45) is 4.70. The number of hydrogen-bond acceptors (Lipinski definition) is 4. The summed E-state index contributed by atoms with van der Waals surface area (Å²) in [6, 6.07) is 0.638. The number of nitrogens with zero attached hydrogens (tertiary/aromatic N) is 2. The van der Waals surface area contributed by atoms with Gasteiger partial charge in [0.1, 0.15) is 0 Å². The van der Waals surface area contributed by atoms with E-state index < -0.39 is 10.0 Å². The van der Waals surface area contributed by atoms with Gasteiger partial charge in [0.15, 0.2) is 0 Å². The highest BCUT2D eigenvalue weighted by Crippen LogP contribution is 2.21. The van der Waals surface area contributed by atoms with Gasteiger partial charge in [-0.2, -0.15) is 0 Å². The molecule has 1 N–H and O–H groups in total. The Hall–Kier alpha value is -0.170. The predicted molar refractivity (Wildman–Crippen MR) is 77.7 cm³/mol. The molecule has 0 aliphatic carbocycles. The zero-order valence-corrected chi connectivity index (χ0v) is 13.0. The van der Waals surface area contributed by atoms with Gasteiger partial charge in [-0.05, 0) is 38.3 Å². The van der Waals surface area contributed by atoms with Gasteiger partial charge >= 0.3 is 0 Å². The summed E-state index contributed by atoms with van der Waals surface area (Å²) in [7, 11) is -3.02. The zero-order chi connectivity index (χ0) is 13.9. The Balaban J connectivity index is 1.90. The average Bonchev–Trinajstić information content (AvgIpc) is 2.89. The van der Waals surface area contributed by atoms with Crippen LogP contribution in [0.1, 0.15) is 26.2 Å². The van der Waals surface area contributed by atoms with Crippen molar-refractivity contribution in [2.45, 2.75) is 32.2 Å². The first-order valence-electron chi connectivity index (χ1n) is 7.40. The smallest absolute Gasteiger partial charge is 0.211 e. The highest BCUT2D eigenvalue weighted by Gasteiger charge is 2.29. The second-order valence-electron chi connectivity index (χ2n) is 5.86. The van der Waals surface area contributed by atoms with Crippen LogP contribution in [0.25, 0.3) is 0 Å². The third-order valence-corrected chi connectivity index (χ3v) is 5.67. The molecule has 112 valence electrons. The van der Waals surface area contributed by atoms with E-state index in [4.69, 9.17) is 0 Å². The highest BCUT2D eigenvalue weighted by molar-refractivity contribution is 7.88. The average molecular weight is 289 g/mol. The lowest BCUT2D eigenvalue weighted by Gasteiger charge is -2.36.